The van der Waals surface area contributed by atoms with Crippen LogP contribution >= 0.6 is 0 Å². The Morgan fingerprint density at radius 1 is 0.422 bits per heavy atom. The van der Waals surface area contributed by atoms with E-state index in [2.05, 4.69) is 78.3 Å². The van der Waals surface area contributed by atoms with Gasteiger partial charge in [-0.05, 0) is 74.0 Å². The van der Waals surface area contributed by atoms with Crippen molar-refractivity contribution in [3.8, 4) is 0 Å². The zero-order chi connectivity index (χ0) is 33.8. The van der Waals surface area contributed by atoms with E-state index in [1.807, 2.05) is 0 Å². The van der Waals surface area contributed by atoms with Gasteiger partial charge in [0.25, 0.3) is 0 Å². The van der Waals surface area contributed by atoms with Crippen LogP contribution in [0.3, 0.4) is 0 Å². The summed E-state index contributed by atoms with van der Waals surface area (Å²) >= 11 is 0. The molecule has 0 aromatic heterocycles. The van der Waals surface area contributed by atoms with Crippen LogP contribution in [0, 0.1) is 53.3 Å². The predicted molar refractivity (Wildman–Crippen MR) is 191 cm³/mol. The fourth-order valence-electron chi connectivity index (χ4n) is 6.78. The lowest BCUT2D eigenvalue weighted by atomic mass is 9.74. The van der Waals surface area contributed by atoms with Gasteiger partial charge >= 0.3 is 0 Å². The molecule has 264 valence electrons. The van der Waals surface area contributed by atoms with E-state index >= 15 is 0 Å². The first kappa shape index (κ1) is 41.4. The third-order valence-corrected chi connectivity index (χ3v) is 10.1. The zero-order valence-corrected chi connectivity index (χ0v) is 31.1. The van der Waals surface area contributed by atoms with Crippen LogP contribution in [0.4, 0.5) is 0 Å². The monoisotopic (exact) mass is 634 g/mol. The summed E-state index contributed by atoms with van der Waals surface area (Å²) in [6.45, 7) is 22.4. The topological polar surface area (TPSA) is 87.3 Å². The van der Waals surface area contributed by atoms with Crippen molar-refractivity contribution in [2.24, 2.45) is 53.3 Å². The average molecular weight is 634 g/mol. The molecular formula is C39H75N3O3. The van der Waals surface area contributed by atoms with Gasteiger partial charge in [0.1, 0.15) is 0 Å². The summed E-state index contributed by atoms with van der Waals surface area (Å²) in [6.07, 6.45) is 15.5. The minimum atomic E-state index is -0.300. The van der Waals surface area contributed by atoms with Crippen molar-refractivity contribution in [1.82, 2.24) is 16.0 Å². The van der Waals surface area contributed by atoms with Crippen molar-refractivity contribution in [3.63, 3.8) is 0 Å². The Balaban J connectivity index is 2.69. The van der Waals surface area contributed by atoms with Crippen LogP contribution in [-0.4, -0.2) is 37.4 Å². The standard InChI is InChI=1S/C39H75N3O3/c1-28(2)13-10-16-31(7)19-22-40-37(43)34-25-35(38(44)41-23-20-32(8)17-11-14-29(3)4)27-36(26-34)39(45)42-24-21-33(9)18-12-15-30(5)6/h28-36H,10-27H2,1-9H3,(H,40,43)(H,41,44)(H,42,45)/t31?,32?,33?,34-,35+,36-. The van der Waals surface area contributed by atoms with Crippen molar-refractivity contribution < 1.29 is 14.4 Å². The molecule has 0 heterocycles. The Morgan fingerprint density at radius 3 is 0.889 bits per heavy atom. The molecule has 1 aliphatic carbocycles. The number of amides is 3. The van der Waals surface area contributed by atoms with Gasteiger partial charge in [-0.25, -0.2) is 0 Å². The molecule has 3 N–H and O–H groups in total. The molecular weight excluding hydrogens is 558 g/mol. The van der Waals surface area contributed by atoms with Gasteiger partial charge in [0.05, 0.1) is 0 Å². The first-order valence-corrected chi connectivity index (χ1v) is 19.1. The minimum Gasteiger partial charge on any atom is -0.356 e. The van der Waals surface area contributed by atoms with E-state index in [1.54, 1.807) is 0 Å². The minimum absolute atomic E-state index is 0.0113. The second kappa shape index (κ2) is 23.7. The quantitative estimate of drug-likeness (QED) is 0.0992. The third-order valence-electron chi connectivity index (χ3n) is 10.1. The summed E-state index contributed by atoms with van der Waals surface area (Å²) in [6, 6.07) is 0. The lowest BCUT2D eigenvalue weighted by Gasteiger charge is -2.33. The largest absolute Gasteiger partial charge is 0.356 e. The van der Waals surface area contributed by atoms with Gasteiger partial charge in [-0.2, -0.15) is 0 Å². The Kier molecular flexibility index (Phi) is 21.8. The van der Waals surface area contributed by atoms with E-state index in [0.29, 0.717) is 56.7 Å². The molecule has 0 aromatic rings. The summed E-state index contributed by atoms with van der Waals surface area (Å²) in [4.78, 5) is 40.0. The van der Waals surface area contributed by atoms with Crippen molar-refractivity contribution in [3.05, 3.63) is 0 Å². The summed E-state index contributed by atoms with van der Waals surface area (Å²) in [5.41, 5.74) is 0. The highest BCUT2D eigenvalue weighted by atomic mass is 16.2. The molecule has 3 atom stereocenters. The van der Waals surface area contributed by atoms with Crippen LogP contribution in [0.15, 0.2) is 0 Å². The smallest absolute Gasteiger partial charge is 0.223 e. The average Bonchev–Trinajstić information content (AvgIpc) is 2.96. The molecule has 6 heteroatoms. The van der Waals surface area contributed by atoms with E-state index < -0.39 is 0 Å². The molecule has 0 radical (unpaired) electrons. The Bertz CT molecular complexity index is 701. The first-order valence-electron chi connectivity index (χ1n) is 19.1. The van der Waals surface area contributed by atoms with Gasteiger partial charge in [0, 0.05) is 37.4 Å². The number of nitrogens with one attached hydrogen (secondary N) is 3. The molecule has 1 saturated carbocycles. The fraction of sp³-hybridized carbons (Fsp3) is 0.923. The molecule has 3 amide bonds. The zero-order valence-electron chi connectivity index (χ0n) is 31.1. The number of hydrogen-bond acceptors (Lipinski definition) is 3. The van der Waals surface area contributed by atoms with Crippen molar-refractivity contribution >= 4 is 17.7 Å². The summed E-state index contributed by atoms with van der Waals surface area (Å²) in [7, 11) is 0. The maximum Gasteiger partial charge on any atom is 0.223 e. The molecule has 6 nitrogen and oxygen atoms in total. The van der Waals surface area contributed by atoms with E-state index in [9.17, 15) is 14.4 Å². The molecule has 0 aliphatic heterocycles. The second-order valence-corrected chi connectivity index (χ2v) is 16.3. The molecule has 1 rings (SSSR count). The lowest BCUT2D eigenvalue weighted by Crippen LogP contribution is -2.45. The van der Waals surface area contributed by atoms with Gasteiger partial charge in [0.2, 0.25) is 17.7 Å². The summed E-state index contributed by atoms with van der Waals surface area (Å²) in [5, 5.41) is 9.51. The molecule has 0 spiro atoms. The highest BCUT2D eigenvalue weighted by molar-refractivity contribution is 5.85. The van der Waals surface area contributed by atoms with Crippen LogP contribution in [0.2, 0.25) is 0 Å². The number of hydrogen-bond donors (Lipinski definition) is 3. The Hall–Kier alpha value is -1.59. The first-order chi connectivity index (χ1) is 21.3. The third kappa shape index (κ3) is 20.3. The maximum absolute atomic E-state index is 13.3. The Labute approximate surface area is 279 Å². The molecule has 3 unspecified atom stereocenters. The van der Waals surface area contributed by atoms with Gasteiger partial charge < -0.3 is 16.0 Å². The van der Waals surface area contributed by atoms with Crippen LogP contribution in [0.1, 0.15) is 159 Å². The number of rotatable bonds is 24. The normalized spacial score (nSPS) is 20.7. The Morgan fingerprint density at radius 2 is 0.667 bits per heavy atom. The highest BCUT2D eigenvalue weighted by Gasteiger charge is 2.39. The van der Waals surface area contributed by atoms with E-state index in [1.165, 1.54) is 57.8 Å². The van der Waals surface area contributed by atoms with Gasteiger partial charge in [-0.1, -0.05) is 120 Å². The van der Waals surface area contributed by atoms with Crippen LogP contribution in [0.5, 0.6) is 0 Å². The van der Waals surface area contributed by atoms with Crippen molar-refractivity contribution in [2.45, 2.75) is 159 Å². The number of carbonyl (C=O) groups excluding carboxylic acids is 3. The fourth-order valence-corrected chi connectivity index (χ4v) is 6.78. The van der Waals surface area contributed by atoms with Crippen LogP contribution < -0.4 is 16.0 Å². The predicted octanol–water partition coefficient (Wildman–Crippen LogP) is 8.93. The molecule has 45 heavy (non-hydrogen) atoms. The van der Waals surface area contributed by atoms with Crippen molar-refractivity contribution in [2.75, 3.05) is 19.6 Å². The van der Waals surface area contributed by atoms with Gasteiger partial charge in [0.15, 0.2) is 0 Å². The molecule has 0 saturated heterocycles. The lowest BCUT2D eigenvalue weighted by molar-refractivity contribution is -0.135. The van der Waals surface area contributed by atoms with Crippen molar-refractivity contribution in [1.29, 1.82) is 0 Å². The van der Waals surface area contributed by atoms with Crippen LogP contribution in [0.25, 0.3) is 0 Å². The second-order valence-electron chi connectivity index (χ2n) is 16.3. The van der Waals surface area contributed by atoms with E-state index in [4.69, 9.17) is 0 Å². The summed E-state index contributed by atoms with van der Waals surface area (Å²) < 4.78 is 0. The SMILES string of the molecule is CC(C)CCCC(C)CCNC(=O)[C@H]1C[C@@H](C(=O)NCCC(C)CCCC(C)C)C[C@@H](C(=O)NCCC(C)CCCC(C)C)C1. The van der Waals surface area contributed by atoms with E-state index in [-0.39, 0.29) is 35.5 Å². The van der Waals surface area contributed by atoms with Gasteiger partial charge in [-0.15, -0.1) is 0 Å². The van der Waals surface area contributed by atoms with E-state index in [0.717, 1.165) is 37.0 Å². The molecule has 0 bridgehead atoms. The molecule has 1 aliphatic rings. The molecule has 0 aromatic carbocycles. The summed E-state index contributed by atoms with van der Waals surface area (Å²) in [5.74, 6) is 3.06. The van der Waals surface area contributed by atoms with Crippen LogP contribution in [-0.2, 0) is 14.4 Å². The van der Waals surface area contributed by atoms with Gasteiger partial charge in [-0.3, -0.25) is 14.4 Å². The maximum atomic E-state index is 13.3. The number of carbonyl (C=O) groups is 3. The molecule has 1 fully saturated rings. The highest BCUT2D eigenvalue weighted by Crippen LogP contribution is 2.34.